The van der Waals surface area contributed by atoms with Gasteiger partial charge in [-0.1, -0.05) is 51.1 Å². The lowest BCUT2D eigenvalue weighted by atomic mass is 9.86. The number of hydrogen-bond acceptors (Lipinski definition) is 4. The molecular formula is C14H22N2O4S. The van der Waals surface area contributed by atoms with E-state index in [9.17, 15) is 13.2 Å². The predicted molar refractivity (Wildman–Crippen MR) is 81.0 cm³/mol. The van der Waals surface area contributed by atoms with E-state index in [0.29, 0.717) is 0 Å². The maximum atomic E-state index is 11.9. The molecule has 118 valence electrons. The minimum absolute atomic E-state index is 0.224. The molecule has 1 aromatic rings. The summed E-state index contributed by atoms with van der Waals surface area (Å²) in [6, 6.07) is 9.12. The van der Waals surface area contributed by atoms with Gasteiger partial charge in [-0.15, -0.1) is 0 Å². The van der Waals surface area contributed by atoms with Crippen molar-refractivity contribution in [2.45, 2.75) is 38.5 Å². The van der Waals surface area contributed by atoms with Crippen LogP contribution in [0.2, 0.25) is 0 Å². The molecule has 0 saturated heterocycles. The molecule has 0 aromatic heterocycles. The standard InChI is InChI=1S/C14H22N2O4S/c1-14(2,3)12(21(16,18)19)11(20-13(15)17)9-10-7-5-4-6-8-10/h4-8,11-12H,9H2,1-3H3,(H2,15,17)(H2,16,18,19). The monoisotopic (exact) mass is 314 g/mol. The van der Waals surface area contributed by atoms with Crippen molar-refractivity contribution in [2.75, 3.05) is 0 Å². The van der Waals surface area contributed by atoms with E-state index in [4.69, 9.17) is 15.6 Å². The Morgan fingerprint density at radius 1 is 1.24 bits per heavy atom. The highest BCUT2D eigenvalue weighted by Crippen LogP contribution is 2.30. The van der Waals surface area contributed by atoms with Crippen molar-refractivity contribution >= 4 is 16.1 Å². The van der Waals surface area contributed by atoms with E-state index in [0.717, 1.165) is 5.56 Å². The first-order valence-electron chi connectivity index (χ1n) is 6.53. The van der Waals surface area contributed by atoms with Crippen LogP contribution in [0.15, 0.2) is 30.3 Å². The first kappa shape index (κ1) is 17.5. The zero-order chi connectivity index (χ0) is 16.3. The normalized spacial score (nSPS) is 15.2. The maximum absolute atomic E-state index is 11.9. The highest BCUT2D eigenvalue weighted by Gasteiger charge is 2.42. The number of primary sulfonamides is 1. The highest BCUT2D eigenvalue weighted by molar-refractivity contribution is 7.89. The molecule has 0 aliphatic rings. The molecule has 4 N–H and O–H groups in total. The number of carbonyl (C=O) groups is 1. The molecular weight excluding hydrogens is 292 g/mol. The van der Waals surface area contributed by atoms with E-state index < -0.39 is 32.9 Å². The highest BCUT2D eigenvalue weighted by atomic mass is 32.2. The molecule has 1 amide bonds. The lowest BCUT2D eigenvalue weighted by molar-refractivity contribution is 0.0823. The Bertz CT molecular complexity index is 579. The summed E-state index contributed by atoms with van der Waals surface area (Å²) in [6.45, 7) is 5.18. The van der Waals surface area contributed by atoms with Gasteiger partial charge in [0, 0.05) is 6.42 Å². The molecule has 2 atom stereocenters. The number of amides is 1. The Balaban J connectivity index is 3.18. The molecule has 0 saturated carbocycles. The van der Waals surface area contributed by atoms with Crippen molar-refractivity contribution in [1.82, 2.24) is 0 Å². The van der Waals surface area contributed by atoms with E-state index in [2.05, 4.69) is 0 Å². The van der Waals surface area contributed by atoms with E-state index in [1.807, 2.05) is 30.3 Å². The minimum atomic E-state index is -3.92. The van der Waals surface area contributed by atoms with Crippen molar-refractivity contribution in [3.63, 3.8) is 0 Å². The van der Waals surface area contributed by atoms with Gasteiger partial charge in [-0.3, -0.25) is 0 Å². The molecule has 0 bridgehead atoms. The van der Waals surface area contributed by atoms with E-state index in [1.165, 1.54) is 0 Å². The number of nitrogens with two attached hydrogens (primary N) is 2. The third kappa shape index (κ3) is 5.35. The smallest absolute Gasteiger partial charge is 0.404 e. The lowest BCUT2D eigenvalue weighted by Gasteiger charge is -2.34. The van der Waals surface area contributed by atoms with Crippen LogP contribution in [-0.4, -0.2) is 25.9 Å². The van der Waals surface area contributed by atoms with Crippen molar-refractivity contribution in [2.24, 2.45) is 16.3 Å². The number of primary amides is 1. The second-order valence-electron chi connectivity index (χ2n) is 6.04. The number of rotatable bonds is 5. The molecule has 7 heteroatoms. The fourth-order valence-electron chi connectivity index (χ4n) is 2.47. The van der Waals surface area contributed by atoms with Gasteiger partial charge in [0.2, 0.25) is 10.0 Å². The van der Waals surface area contributed by atoms with Crippen molar-refractivity contribution in [3.05, 3.63) is 35.9 Å². The van der Waals surface area contributed by atoms with Gasteiger partial charge in [0.15, 0.2) is 0 Å². The molecule has 2 unspecified atom stereocenters. The van der Waals surface area contributed by atoms with Crippen LogP contribution in [-0.2, 0) is 21.2 Å². The zero-order valence-corrected chi connectivity index (χ0v) is 13.3. The number of carbonyl (C=O) groups excluding carboxylic acids is 1. The Hall–Kier alpha value is -1.60. The van der Waals surface area contributed by atoms with Crippen molar-refractivity contribution in [3.8, 4) is 0 Å². The van der Waals surface area contributed by atoms with Gasteiger partial charge < -0.3 is 10.5 Å². The molecule has 0 fully saturated rings. The average molecular weight is 314 g/mol. The van der Waals surface area contributed by atoms with Crippen LogP contribution in [0.4, 0.5) is 4.79 Å². The molecule has 0 spiro atoms. The van der Waals surface area contributed by atoms with E-state index in [-0.39, 0.29) is 6.42 Å². The Kier molecular flexibility index (Phi) is 5.36. The Morgan fingerprint density at radius 2 is 1.76 bits per heavy atom. The second-order valence-corrected chi connectivity index (χ2v) is 7.73. The number of sulfonamides is 1. The Labute approximate surface area is 125 Å². The summed E-state index contributed by atoms with van der Waals surface area (Å²) in [7, 11) is -3.92. The number of ether oxygens (including phenoxy) is 1. The number of hydrogen-bond donors (Lipinski definition) is 2. The molecule has 0 heterocycles. The molecule has 0 radical (unpaired) electrons. The molecule has 1 aromatic carbocycles. The van der Waals surface area contributed by atoms with Crippen LogP contribution in [0.25, 0.3) is 0 Å². The predicted octanol–water partition coefficient (Wildman–Crippen LogP) is 1.40. The van der Waals surface area contributed by atoms with E-state index in [1.54, 1.807) is 20.8 Å². The topological polar surface area (TPSA) is 112 Å². The summed E-state index contributed by atoms with van der Waals surface area (Å²) in [4.78, 5) is 11.1. The van der Waals surface area contributed by atoms with Crippen LogP contribution in [0.3, 0.4) is 0 Å². The van der Waals surface area contributed by atoms with Crippen LogP contribution < -0.4 is 10.9 Å². The largest absolute Gasteiger partial charge is 0.445 e. The van der Waals surface area contributed by atoms with Gasteiger partial charge >= 0.3 is 6.09 Å². The molecule has 6 nitrogen and oxygen atoms in total. The summed E-state index contributed by atoms with van der Waals surface area (Å²) < 4.78 is 28.9. The van der Waals surface area contributed by atoms with Gasteiger partial charge in [0.05, 0.1) is 0 Å². The van der Waals surface area contributed by atoms with E-state index >= 15 is 0 Å². The summed E-state index contributed by atoms with van der Waals surface area (Å²) in [6.07, 6.45) is -1.74. The third-order valence-corrected chi connectivity index (χ3v) is 4.81. The molecule has 0 aliphatic heterocycles. The van der Waals surface area contributed by atoms with Crippen molar-refractivity contribution in [1.29, 1.82) is 0 Å². The van der Waals surface area contributed by atoms with Crippen LogP contribution in [0.5, 0.6) is 0 Å². The summed E-state index contributed by atoms with van der Waals surface area (Å²) in [5.74, 6) is 0. The van der Waals surface area contributed by atoms with Crippen molar-refractivity contribution < 1.29 is 17.9 Å². The third-order valence-electron chi connectivity index (χ3n) is 3.09. The fraction of sp³-hybridized carbons (Fsp3) is 0.500. The lowest BCUT2D eigenvalue weighted by Crippen LogP contribution is -2.50. The van der Waals surface area contributed by atoms with Gasteiger partial charge in [-0.05, 0) is 11.0 Å². The molecule has 0 aliphatic carbocycles. The number of benzene rings is 1. The first-order chi connectivity index (χ1) is 9.51. The van der Waals surface area contributed by atoms with Gasteiger partial charge in [-0.25, -0.2) is 18.4 Å². The first-order valence-corrected chi connectivity index (χ1v) is 8.14. The molecule has 1 rings (SSSR count). The van der Waals surface area contributed by atoms with Gasteiger partial charge in [-0.2, -0.15) is 0 Å². The summed E-state index contributed by atoms with van der Waals surface area (Å²) in [5.41, 5.74) is 5.20. The van der Waals surface area contributed by atoms with Crippen LogP contribution in [0, 0.1) is 5.41 Å². The van der Waals surface area contributed by atoms with Crippen LogP contribution in [0.1, 0.15) is 26.3 Å². The van der Waals surface area contributed by atoms with Crippen LogP contribution >= 0.6 is 0 Å². The Morgan fingerprint density at radius 3 is 2.14 bits per heavy atom. The fourth-order valence-corrected chi connectivity index (χ4v) is 4.03. The quantitative estimate of drug-likeness (QED) is 0.855. The SMILES string of the molecule is CC(C)(C)C(C(Cc1ccccc1)OC(N)=O)S(N)(=O)=O. The second kappa shape index (κ2) is 6.44. The maximum Gasteiger partial charge on any atom is 0.404 e. The van der Waals surface area contributed by atoms with Gasteiger partial charge in [0.25, 0.3) is 0 Å². The average Bonchev–Trinajstić information content (AvgIpc) is 2.25. The zero-order valence-electron chi connectivity index (χ0n) is 12.4. The summed E-state index contributed by atoms with van der Waals surface area (Å²) in [5, 5.41) is 4.28. The minimum Gasteiger partial charge on any atom is -0.445 e. The van der Waals surface area contributed by atoms with Gasteiger partial charge in [0.1, 0.15) is 11.4 Å². The molecule has 21 heavy (non-hydrogen) atoms. The summed E-state index contributed by atoms with van der Waals surface area (Å²) >= 11 is 0.